The monoisotopic (exact) mass is 369 g/mol. The minimum Gasteiger partial charge on any atom is -0.353 e. The summed E-state index contributed by atoms with van der Waals surface area (Å²) < 4.78 is 39.7. The smallest absolute Gasteiger partial charge is 0.353 e. The van der Waals surface area contributed by atoms with Crippen LogP contribution >= 0.6 is 11.3 Å². The topological polar surface area (TPSA) is 62.5 Å². The van der Waals surface area contributed by atoms with Crippen LogP contribution in [0.5, 0.6) is 0 Å². The van der Waals surface area contributed by atoms with Crippen molar-refractivity contribution in [1.29, 1.82) is 0 Å². The average molecular weight is 369 g/mol. The van der Waals surface area contributed by atoms with Crippen LogP contribution < -0.4 is 4.90 Å². The fraction of sp³-hybridized carbons (Fsp3) is 0.429. The van der Waals surface area contributed by atoms with Crippen LogP contribution in [-0.4, -0.2) is 55.9 Å². The Morgan fingerprint density at radius 1 is 1.08 bits per heavy atom. The van der Waals surface area contributed by atoms with Crippen LogP contribution in [0.1, 0.15) is 10.8 Å². The highest BCUT2D eigenvalue weighted by Gasteiger charge is 2.37. The molecule has 0 unspecified atom stereocenters. The third-order valence-electron chi connectivity index (χ3n) is 4.04. The molecule has 11 heteroatoms. The van der Waals surface area contributed by atoms with Crippen molar-refractivity contribution in [3.63, 3.8) is 0 Å². The summed E-state index contributed by atoms with van der Waals surface area (Å²) in [4.78, 5) is 8.52. The summed E-state index contributed by atoms with van der Waals surface area (Å²) in [7, 11) is 0. The van der Waals surface area contributed by atoms with Crippen molar-refractivity contribution >= 4 is 22.8 Å². The summed E-state index contributed by atoms with van der Waals surface area (Å²) >= 11 is 1.62. The first kappa shape index (κ1) is 16.2. The van der Waals surface area contributed by atoms with Crippen molar-refractivity contribution in [2.24, 2.45) is 0 Å². The van der Waals surface area contributed by atoms with E-state index in [0.29, 0.717) is 18.9 Å². The highest BCUT2D eigenvalue weighted by molar-refractivity contribution is 7.09. The zero-order valence-corrected chi connectivity index (χ0v) is 13.8. The number of fused-ring (bicyclic) bond motifs is 1. The standard InChI is InChI=1S/C14H14F3N7S/c15-14(16,17)13-20-19-10-1-2-11(21-24(10)13)23-6-4-22(5-7-23)9-12-18-3-8-25-12/h1-3,8H,4-7,9H2. The fourth-order valence-corrected chi connectivity index (χ4v) is 3.44. The van der Waals surface area contributed by atoms with Gasteiger partial charge in [-0.1, -0.05) is 0 Å². The van der Waals surface area contributed by atoms with E-state index in [2.05, 4.69) is 25.2 Å². The number of halogens is 3. The molecule has 132 valence electrons. The SMILES string of the molecule is FC(F)(F)c1nnc2ccc(N3CCN(Cc4nccs4)CC3)nn12. The van der Waals surface area contributed by atoms with Crippen molar-refractivity contribution in [2.75, 3.05) is 31.1 Å². The zero-order valence-electron chi connectivity index (χ0n) is 13.0. The first-order valence-electron chi connectivity index (χ1n) is 7.66. The number of nitrogens with zero attached hydrogens (tertiary/aromatic N) is 7. The Morgan fingerprint density at radius 3 is 2.56 bits per heavy atom. The largest absolute Gasteiger partial charge is 0.453 e. The van der Waals surface area contributed by atoms with Crippen molar-refractivity contribution in [1.82, 2.24) is 29.7 Å². The van der Waals surface area contributed by atoms with Crippen LogP contribution in [0.3, 0.4) is 0 Å². The lowest BCUT2D eigenvalue weighted by molar-refractivity contribution is -0.146. The average Bonchev–Trinajstić information content (AvgIpc) is 3.23. The number of hydrogen-bond acceptors (Lipinski definition) is 7. The predicted octanol–water partition coefficient (Wildman–Crippen LogP) is 1.92. The molecule has 25 heavy (non-hydrogen) atoms. The molecule has 0 spiro atoms. The van der Waals surface area contributed by atoms with Crippen molar-refractivity contribution in [2.45, 2.75) is 12.7 Å². The highest BCUT2D eigenvalue weighted by atomic mass is 32.1. The Balaban J connectivity index is 1.49. The predicted molar refractivity (Wildman–Crippen MR) is 85.4 cm³/mol. The van der Waals surface area contributed by atoms with E-state index in [9.17, 15) is 13.2 Å². The van der Waals surface area contributed by atoms with Crippen molar-refractivity contribution in [3.05, 3.63) is 34.5 Å². The van der Waals surface area contributed by atoms with Gasteiger partial charge in [0.15, 0.2) is 5.65 Å². The quantitative estimate of drug-likeness (QED) is 0.703. The molecule has 0 saturated carbocycles. The van der Waals surface area contributed by atoms with Gasteiger partial charge in [-0.2, -0.15) is 17.7 Å². The third kappa shape index (κ3) is 3.29. The van der Waals surface area contributed by atoms with Gasteiger partial charge >= 0.3 is 6.18 Å². The first-order chi connectivity index (χ1) is 12.0. The lowest BCUT2D eigenvalue weighted by Gasteiger charge is -2.34. The maximum atomic E-state index is 13.0. The summed E-state index contributed by atoms with van der Waals surface area (Å²) in [5, 5.41) is 13.8. The number of alkyl halides is 3. The van der Waals surface area contributed by atoms with Gasteiger partial charge in [-0.05, 0) is 12.1 Å². The molecule has 0 aliphatic carbocycles. The molecule has 0 radical (unpaired) electrons. The molecule has 0 atom stereocenters. The first-order valence-corrected chi connectivity index (χ1v) is 8.54. The second-order valence-corrected chi connectivity index (χ2v) is 6.65. The van der Waals surface area contributed by atoms with Crippen molar-refractivity contribution < 1.29 is 13.2 Å². The van der Waals surface area contributed by atoms with Gasteiger partial charge in [0.05, 0.1) is 6.54 Å². The van der Waals surface area contributed by atoms with E-state index >= 15 is 0 Å². The molecule has 0 amide bonds. The van der Waals surface area contributed by atoms with Gasteiger partial charge in [-0.3, -0.25) is 4.90 Å². The Kier molecular flexibility index (Phi) is 4.04. The van der Waals surface area contributed by atoms with Gasteiger partial charge in [-0.15, -0.1) is 26.6 Å². The van der Waals surface area contributed by atoms with Crippen LogP contribution in [0.25, 0.3) is 5.65 Å². The number of piperazine rings is 1. The fourth-order valence-electron chi connectivity index (χ4n) is 2.78. The van der Waals surface area contributed by atoms with Gasteiger partial charge in [0, 0.05) is 37.8 Å². The molecule has 0 aromatic carbocycles. The van der Waals surface area contributed by atoms with E-state index in [1.165, 1.54) is 6.07 Å². The minimum atomic E-state index is -4.59. The van der Waals surface area contributed by atoms with Crippen LogP contribution in [0.2, 0.25) is 0 Å². The zero-order chi connectivity index (χ0) is 17.4. The Hall–Kier alpha value is -2.27. The normalized spacial score (nSPS) is 16.7. The molecule has 3 aromatic heterocycles. The number of hydrogen-bond donors (Lipinski definition) is 0. The van der Waals surface area contributed by atoms with Crippen molar-refractivity contribution in [3.8, 4) is 0 Å². The van der Waals surface area contributed by atoms with E-state index in [1.807, 2.05) is 10.3 Å². The van der Waals surface area contributed by atoms with E-state index in [4.69, 9.17) is 0 Å². The molecular formula is C14H14F3N7S. The Labute approximate surface area is 144 Å². The molecular weight excluding hydrogens is 355 g/mol. The van der Waals surface area contributed by atoms with Crippen LogP contribution in [0.4, 0.5) is 19.0 Å². The van der Waals surface area contributed by atoms with Gasteiger partial charge in [0.25, 0.3) is 5.82 Å². The summed E-state index contributed by atoms with van der Waals surface area (Å²) in [6, 6.07) is 3.19. The molecule has 0 bridgehead atoms. The number of anilines is 1. The number of aromatic nitrogens is 5. The third-order valence-corrected chi connectivity index (χ3v) is 4.81. The second-order valence-electron chi connectivity index (χ2n) is 5.67. The van der Waals surface area contributed by atoms with E-state index in [0.717, 1.165) is 29.2 Å². The van der Waals surface area contributed by atoms with E-state index in [1.54, 1.807) is 23.6 Å². The summed E-state index contributed by atoms with van der Waals surface area (Å²) in [6.07, 6.45) is -2.80. The minimum absolute atomic E-state index is 0.0819. The maximum absolute atomic E-state index is 13.0. The molecule has 4 heterocycles. The molecule has 7 nitrogen and oxygen atoms in total. The van der Waals surface area contributed by atoms with Gasteiger partial charge < -0.3 is 4.90 Å². The van der Waals surface area contributed by atoms with Crippen LogP contribution in [0, 0.1) is 0 Å². The van der Waals surface area contributed by atoms with Gasteiger partial charge in [0.1, 0.15) is 10.8 Å². The number of rotatable bonds is 3. The van der Waals surface area contributed by atoms with Gasteiger partial charge in [0.2, 0.25) is 0 Å². The summed E-state index contributed by atoms with van der Waals surface area (Å²) in [6.45, 7) is 3.77. The molecule has 3 aromatic rings. The highest BCUT2D eigenvalue weighted by Crippen LogP contribution is 2.28. The summed E-state index contributed by atoms with van der Waals surface area (Å²) in [5.74, 6) is -0.613. The summed E-state index contributed by atoms with van der Waals surface area (Å²) in [5.41, 5.74) is 0.0819. The number of thiazole rings is 1. The van der Waals surface area contributed by atoms with E-state index in [-0.39, 0.29) is 5.65 Å². The molecule has 1 aliphatic heterocycles. The Bertz CT molecular complexity index is 853. The molecule has 1 fully saturated rings. The van der Waals surface area contributed by atoms with Crippen LogP contribution in [-0.2, 0) is 12.7 Å². The Morgan fingerprint density at radius 2 is 1.88 bits per heavy atom. The molecule has 1 saturated heterocycles. The van der Waals surface area contributed by atoms with Gasteiger partial charge in [-0.25, -0.2) is 4.98 Å². The molecule has 0 N–H and O–H groups in total. The second kappa shape index (κ2) is 6.23. The molecule has 1 aliphatic rings. The van der Waals surface area contributed by atoms with E-state index < -0.39 is 12.0 Å². The maximum Gasteiger partial charge on any atom is 0.453 e. The lowest BCUT2D eigenvalue weighted by Crippen LogP contribution is -2.46. The van der Waals surface area contributed by atoms with Crippen LogP contribution in [0.15, 0.2) is 23.7 Å². The molecule has 4 rings (SSSR count). The lowest BCUT2D eigenvalue weighted by atomic mass is 10.3.